The van der Waals surface area contributed by atoms with Crippen LogP contribution >= 0.6 is 7.92 Å². The van der Waals surface area contributed by atoms with Crippen LogP contribution < -0.4 is 0 Å². The molecule has 1 heterocycles. The summed E-state index contributed by atoms with van der Waals surface area (Å²) in [6.45, 7) is 4.97. The van der Waals surface area contributed by atoms with E-state index in [-0.39, 0.29) is 0 Å². The van der Waals surface area contributed by atoms with Crippen molar-refractivity contribution in [2.24, 2.45) is 29.6 Å². The molecular formula is C17H31P. The molecule has 0 spiro atoms. The zero-order valence-corrected chi connectivity index (χ0v) is 13.3. The van der Waals surface area contributed by atoms with Gasteiger partial charge in [-0.1, -0.05) is 33.1 Å². The van der Waals surface area contributed by atoms with Gasteiger partial charge in [-0.3, -0.25) is 0 Å². The van der Waals surface area contributed by atoms with E-state index in [9.17, 15) is 0 Å². The minimum absolute atomic E-state index is 0.502. The van der Waals surface area contributed by atoms with Gasteiger partial charge in [-0.05, 0) is 73.8 Å². The van der Waals surface area contributed by atoms with Gasteiger partial charge in [0.05, 0.1) is 0 Å². The van der Waals surface area contributed by atoms with Gasteiger partial charge in [0.25, 0.3) is 0 Å². The van der Waals surface area contributed by atoms with Gasteiger partial charge in [0, 0.05) is 0 Å². The summed E-state index contributed by atoms with van der Waals surface area (Å²) in [6, 6.07) is 0. The van der Waals surface area contributed by atoms with Gasteiger partial charge in [-0.25, -0.2) is 0 Å². The highest BCUT2D eigenvalue weighted by atomic mass is 31.1. The summed E-state index contributed by atoms with van der Waals surface area (Å²) in [7, 11) is 0.502. The van der Waals surface area contributed by atoms with E-state index in [1.165, 1.54) is 6.42 Å². The topological polar surface area (TPSA) is 0 Å². The zero-order chi connectivity index (χ0) is 12.5. The molecular weight excluding hydrogens is 235 g/mol. The fourth-order valence-corrected chi connectivity index (χ4v) is 7.84. The molecule has 0 aromatic rings. The van der Waals surface area contributed by atoms with Gasteiger partial charge in [0.1, 0.15) is 0 Å². The highest BCUT2D eigenvalue weighted by Crippen LogP contribution is 2.54. The average Bonchev–Trinajstić information content (AvgIpc) is 2.69. The molecule has 2 saturated carbocycles. The second kappa shape index (κ2) is 5.82. The lowest BCUT2D eigenvalue weighted by Gasteiger charge is -2.48. The van der Waals surface area contributed by atoms with E-state index < -0.39 is 0 Å². The summed E-state index contributed by atoms with van der Waals surface area (Å²) in [5, 5.41) is 0. The highest BCUT2D eigenvalue weighted by Gasteiger charge is 2.42. The second-order valence-electron chi connectivity index (χ2n) is 7.62. The Labute approximate surface area is 115 Å². The molecule has 1 heteroatoms. The standard InChI is InChI=1S/C17H31P/c1-13(2)17(15-6-5-7-15)16-10-14(11-16)12-18-8-3-4-9-18/h13-17H,3-12H2,1-2H3. The molecule has 3 fully saturated rings. The molecule has 3 aliphatic rings. The average molecular weight is 266 g/mol. The lowest BCUT2D eigenvalue weighted by molar-refractivity contribution is 0.0298. The summed E-state index contributed by atoms with van der Waals surface area (Å²) in [6.07, 6.45) is 15.8. The predicted octanol–water partition coefficient (Wildman–Crippen LogP) is 5.36. The molecule has 0 aromatic heterocycles. The zero-order valence-electron chi connectivity index (χ0n) is 12.4. The first-order chi connectivity index (χ1) is 8.74. The molecule has 0 radical (unpaired) electrons. The molecule has 1 saturated heterocycles. The molecule has 0 nitrogen and oxygen atoms in total. The maximum Gasteiger partial charge on any atom is -0.0297 e. The van der Waals surface area contributed by atoms with E-state index in [2.05, 4.69) is 13.8 Å². The minimum atomic E-state index is 0.502. The van der Waals surface area contributed by atoms with E-state index in [1.807, 2.05) is 0 Å². The lowest BCUT2D eigenvalue weighted by Crippen LogP contribution is -2.40. The first kappa shape index (κ1) is 13.4. The van der Waals surface area contributed by atoms with Crippen LogP contribution in [0, 0.1) is 29.6 Å². The number of hydrogen-bond acceptors (Lipinski definition) is 0. The summed E-state index contributed by atoms with van der Waals surface area (Å²) >= 11 is 0. The third kappa shape index (κ3) is 2.79. The van der Waals surface area contributed by atoms with Crippen molar-refractivity contribution in [2.75, 3.05) is 18.5 Å². The van der Waals surface area contributed by atoms with E-state index in [4.69, 9.17) is 0 Å². The fraction of sp³-hybridized carbons (Fsp3) is 1.00. The molecule has 2 aliphatic carbocycles. The van der Waals surface area contributed by atoms with Crippen LogP contribution in [0.1, 0.15) is 58.8 Å². The van der Waals surface area contributed by atoms with Crippen molar-refractivity contribution in [3.8, 4) is 0 Å². The van der Waals surface area contributed by atoms with Crippen LogP contribution in [0.4, 0.5) is 0 Å². The lowest BCUT2D eigenvalue weighted by atomic mass is 9.58. The van der Waals surface area contributed by atoms with Crippen LogP contribution in [0.2, 0.25) is 0 Å². The smallest absolute Gasteiger partial charge is 0.0297 e. The Morgan fingerprint density at radius 3 is 2.11 bits per heavy atom. The summed E-state index contributed by atoms with van der Waals surface area (Å²) in [5.41, 5.74) is 0. The number of rotatable bonds is 5. The molecule has 1 unspecified atom stereocenters. The van der Waals surface area contributed by atoms with Crippen molar-refractivity contribution in [2.45, 2.75) is 58.8 Å². The van der Waals surface area contributed by atoms with Gasteiger partial charge >= 0.3 is 0 Å². The molecule has 1 atom stereocenters. The van der Waals surface area contributed by atoms with Crippen LogP contribution in [0.15, 0.2) is 0 Å². The van der Waals surface area contributed by atoms with E-state index >= 15 is 0 Å². The molecule has 104 valence electrons. The van der Waals surface area contributed by atoms with Crippen molar-refractivity contribution in [1.29, 1.82) is 0 Å². The maximum atomic E-state index is 2.48. The first-order valence-corrected chi connectivity index (χ1v) is 10.4. The summed E-state index contributed by atoms with van der Waals surface area (Å²) < 4.78 is 0. The third-order valence-corrected chi connectivity index (χ3v) is 8.93. The Hall–Kier alpha value is 0.430. The van der Waals surface area contributed by atoms with Crippen molar-refractivity contribution >= 4 is 7.92 Å². The van der Waals surface area contributed by atoms with Crippen LogP contribution in [0.25, 0.3) is 0 Å². The Balaban J connectivity index is 1.44. The van der Waals surface area contributed by atoms with Crippen LogP contribution in [0.5, 0.6) is 0 Å². The van der Waals surface area contributed by atoms with Gasteiger partial charge in [0.15, 0.2) is 0 Å². The van der Waals surface area contributed by atoms with Gasteiger partial charge in [-0.15, -0.1) is 7.92 Å². The van der Waals surface area contributed by atoms with Crippen molar-refractivity contribution in [3.05, 3.63) is 0 Å². The SMILES string of the molecule is CC(C)C(C1CCC1)C1CC(CP2CCCC2)C1. The largest absolute Gasteiger partial charge is 0.106 e. The molecule has 3 rings (SSSR count). The normalized spacial score (nSPS) is 35.5. The maximum absolute atomic E-state index is 2.48. The molecule has 0 N–H and O–H groups in total. The molecule has 1 aliphatic heterocycles. The second-order valence-corrected chi connectivity index (χ2v) is 10.2. The Bertz CT molecular complexity index is 257. The Morgan fingerprint density at radius 2 is 1.61 bits per heavy atom. The Morgan fingerprint density at radius 1 is 0.944 bits per heavy atom. The number of hydrogen-bond donors (Lipinski definition) is 0. The first-order valence-electron chi connectivity index (χ1n) is 8.46. The van der Waals surface area contributed by atoms with E-state index in [1.54, 1.807) is 57.0 Å². The van der Waals surface area contributed by atoms with Crippen molar-refractivity contribution in [3.63, 3.8) is 0 Å². The molecule has 18 heavy (non-hydrogen) atoms. The van der Waals surface area contributed by atoms with Gasteiger partial charge in [0.2, 0.25) is 0 Å². The monoisotopic (exact) mass is 266 g/mol. The van der Waals surface area contributed by atoms with Crippen LogP contribution in [-0.4, -0.2) is 18.5 Å². The van der Waals surface area contributed by atoms with Crippen molar-refractivity contribution in [1.82, 2.24) is 0 Å². The van der Waals surface area contributed by atoms with E-state index in [0.29, 0.717) is 7.92 Å². The molecule has 0 bridgehead atoms. The van der Waals surface area contributed by atoms with E-state index in [0.717, 1.165) is 29.6 Å². The van der Waals surface area contributed by atoms with Gasteiger partial charge in [-0.2, -0.15) is 0 Å². The van der Waals surface area contributed by atoms with Crippen LogP contribution in [-0.2, 0) is 0 Å². The molecule has 0 amide bonds. The third-order valence-electron chi connectivity index (χ3n) is 6.00. The fourth-order valence-electron chi connectivity index (χ4n) is 4.88. The summed E-state index contributed by atoms with van der Waals surface area (Å²) in [4.78, 5) is 0. The minimum Gasteiger partial charge on any atom is -0.106 e. The Kier molecular flexibility index (Phi) is 4.34. The van der Waals surface area contributed by atoms with Crippen molar-refractivity contribution < 1.29 is 0 Å². The highest BCUT2D eigenvalue weighted by molar-refractivity contribution is 7.57. The van der Waals surface area contributed by atoms with Crippen LogP contribution in [0.3, 0.4) is 0 Å². The van der Waals surface area contributed by atoms with Gasteiger partial charge < -0.3 is 0 Å². The quantitative estimate of drug-likeness (QED) is 0.588. The molecule has 0 aromatic carbocycles. The predicted molar refractivity (Wildman–Crippen MR) is 82.6 cm³/mol. The summed E-state index contributed by atoms with van der Waals surface area (Å²) in [5.74, 6) is 5.43.